The van der Waals surface area contributed by atoms with Crippen LogP contribution < -0.4 is 10.1 Å². The number of hydrogen-bond donors (Lipinski definition) is 1. The fourth-order valence-corrected chi connectivity index (χ4v) is 3.01. The number of ether oxygens (including phenoxy) is 1. The van der Waals surface area contributed by atoms with Gasteiger partial charge in [-0.05, 0) is 30.5 Å². The van der Waals surface area contributed by atoms with Crippen LogP contribution in [0, 0.1) is 0 Å². The SMILES string of the molecule is COc1cccc(C2=NO[C@H](C(=O)Nc3ccccc3SC)C2)c1. The molecule has 0 aromatic heterocycles. The Labute approximate surface area is 145 Å². The summed E-state index contributed by atoms with van der Waals surface area (Å²) < 4.78 is 5.22. The summed E-state index contributed by atoms with van der Waals surface area (Å²) in [6.45, 7) is 0. The number of nitrogens with one attached hydrogen (secondary N) is 1. The quantitative estimate of drug-likeness (QED) is 0.844. The number of anilines is 1. The molecule has 0 unspecified atom stereocenters. The van der Waals surface area contributed by atoms with Gasteiger partial charge in [-0.2, -0.15) is 0 Å². The highest BCUT2D eigenvalue weighted by atomic mass is 32.2. The molecule has 1 N–H and O–H groups in total. The van der Waals surface area contributed by atoms with Crippen molar-refractivity contribution in [1.82, 2.24) is 0 Å². The van der Waals surface area contributed by atoms with Gasteiger partial charge >= 0.3 is 0 Å². The summed E-state index contributed by atoms with van der Waals surface area (Å²) in [6.07, 6.45) is 1.78. The Morgan fingerprint density at radius 3 is 2.92 bits per heavy atom. The maximum absolute atomic E-state index is 12.4. The molecule has 1 heterocycles. The van der Waals surface area contributed by atoms with E-state index in [1.54, 1.807) is 18.9 Å². The zero-order chi connectivity index (χ0) is 16.9. The van der Waals surface area contributed by atoms with Gasteiger partial charge in [0.15, 0.2) is 0 Å². The topological polar surface area (TPSA) is 59.9 Å². The minimum absolute atomic E-state index is 0.196. The number of carbonyl (C=O) groups is 1. The Morgan fingerprint density at radius 2 is 2.12 bits per heavy atom. The third-order valence-electron chi connectivity index (χ3n) is 3.73. The molecule has 1 amide bonds. The number of thioether (sulfide) groups is 1. The largest absolute Gasteiger partial charge is 0.497 e. The van der Waals surface area contributed by atoms with Crippen LogP contribution in [-0.2, 0) is 9.63 Å². The lowest BCUT2D eigenvalue weighted by Gasteiger charge is -2.12. The Bertz CT molecular complexity index is 776. The Morgan fingerprint density at radius 1 is 1.29 bits per heavy atom. The standard InChI is InChI=1S/C18H18N2O3S/c1-22-13-7-5-6-12(10-13)15-11-16(23-20-15)18(21)19-14-8-3-4-9-17(14)24-2/h3-10,16H,11H2,1-2H3,(H,19,21)/t16-/m0/s1. The molecule has 0 spiro atoms. The van der Waals surface area contributed by atoms with Crippen molar-refractivity contribution in [3.8, 4) is 5.75 Å². The lowest BCUT2D eigenvalue weighted by atomic mass is 10.0. The van der Waals surface area contributed by atoms with Crippen molar-refractivity contribution in [2.45, 2.75) is 17.4 Å². The monoisotopic (exact) mass is 342 g/mol. The van der Waals surface area contributed by atoms with Crippen LogP contribution in [0.25, 0.3) is 0 Å². The molecule has 0 saturated heterocycles. The van der Waals surface area contributed by atoms with E-state index in [9.17, 15) is 4.79 Å². The van der Waals surface area contributed by atoms with Gasteiger partial charge in [0.1, 0.15) is 5.75 Å². The average molecular weight is 342 g/mol. The average Bonchev–Trinajstić information content (AvgIpc) is 3.12. The lowest BCUT2D eigenvalue weighted by molar-refractivity contribution is -0.125. The van der Waals surface area contributed by atoms with Crippen LogP contribution in [0.4, 0.5) is 5.69 Å². The normalized spacial score (nSPS) is 16.2. The molecule has 0 saturated carbocycles. The first-order valence-corrected chi connectivity index (χ1v) is 8.74. The van der Waals surface area contributed by atoms with Gasteiger partial charge in [0.05, 0.1) is 18.5 Å². The molecule has 0 aliphatic carbocycles. The molecule has 24 heavy (non-hydrogen) atoms. The molecular formula is C18H18N2O3S. The van der Waals surface area contributed by atoms with Gasteiger partial charge in [0.2, 0.25) is 6.10 Å². The molecule has 2 aromatic rings. The second-order valence-corrected chi connectivity index (χ2v) is 6.11. The number of methoxy groups -OCH3 is 1. The summed E-state index contributed by atoms with van der Waals surface area (Å²) in [5, 5.41) is 6.98. The highest BCUT2D eigenvalue weighted by Gasteiger charge is 2.29. The van der Waals surface area contributed by atoms with Crippen LogP contribution in [0.15, 0.2) is 58.6 Å². The maximum Gasteiger partial charge on any atom is 0.268 e. The third-order valence-corrected chi connectivity index (χ3v) is 4.52. The van der Waals surface area contributed by atoms with Crippen LogP contribution in [-0.4, -0.2) is 31.1 Å². The number of amides is 1. The van der Waals surface area contributed by atoms with Gasteiger partial charge in [0, 0.05) is 16.9 Å². The van der Waals surface area contributed by atoms with Gasteiger partial charge < -0.3 is 14.9 Å². The third kappa shape index (κ3) is 3.54. The fourth-order valence-electron chi connectivity index (χ4n) is 2.45. The van der Waals surface area contributed by atoms with Crippen molar-refractivity contribution in [2.24, 2.45) is 5.16 Å². The number of benzene rings is 2. The second kappa shape index (κ2) is 7.40. The number of hydrogen-bond acceptors (Lipinski definition) is 5. The molecule has 0 radical (unpaired) electrons. The van der Waals surface area contributed by atoms with Crippen LogP contribution in [0.2, 0.25) is 0 Å². The lowest BCUT2D eigenvalue weighted by Crippen LogP contribution is -2.28. The van der Waals surface area contributed by atoms with Crippen molar-refractivity contribution in [3.63, 3.8) is 0 Å². The molecule has 2 aromatic carbocycles. The minimum Gasteiger partial charge on any atom is -0.497 e. The highest BCUT2D eigenvalue weighted by molar-refractivity contribution is 7.98. The second-order valence-electron chi connectivity index (χ2n) is 5.26. The molecule has 1 aliphatic heterocycles. The number of oxime groups is 1. The fraction of sp³-hybridized carbons (Fsp3) is 0.222. The van der Waals surface area contributed by atoms with Crippen LogP contribution in [0.5, 0.6) is 5.75 Å². The molecule has 6 heteroatoms. The minimum atomic E-state index is -0.624. The first-order valence-electron chi connectivity index (χ1n) is 7.52. The molecule has 124 valence electrons. The molecule has 5 nitrogen and oxygen atoms in total. The molecule has 1 aliphatic rings. The van der Waals surface area contributed by atoms with Crippen LogP contribution >= 0.6 is 11.8 Å². The molecular weight excluding hydrogens is 324 g/mol. The van der Waals surface area contributed by atoms with Crippen molar-refractivity contribution in [3.05, 3.63) is 54.1 Å². The van der Waals surface area contributed by atoms with E-state index < -0.39 is 6.10 Å². The Balaban J connectivity index is 1.67. The van der Waals surface area contributed by atoms with E-state index in [0.717, 1.165) is 27.6 Å². The molecule has 0 fully saturated rings. The van der Waals surface area contributed by atoms with Gasteiger partial charge in [-0.1, -0.05) is 29.4 Å². The zero-order valence-corrected chi connectivity index (χ0v) is 14.3. The molecule has 1 atom stereocenters. The molecule has 0 bridgehead atoms. The zero-order valence-electron chi connectivity index (χ0n) is 13.5. The Kier molecular flexibility index (Phi) is 5.05. The summed E-state index contributed by atoms with van der Waals surface area (Å²) in [6, 6.07) is 15.2. The summed E-state index contributed by atoms with van der Waals surface area (Å²) in [4.78, 5) is 18.8. The number of carbonyl (C=O) groups excluding carboxylic acids is 1. The van der Waals surface area contributed by atoms with Gasteiger partial charge in [-0.3, -0.25) is 4.79 Å². The van der Waals surface area contributed by atoms with E-state index in [1.165, 1.54) is 0 Å². The van der Waals surface area contributed by atoms with Gasteiger partial charge in [0.25, 0.3) is 5.91 Å². The van der Waals surface area contributed by atoms with E-state index >= 15 is 0 Å². The van der Waals surface area contributed by atoms with Crippen LogP contribution in [0.3, 0.4) is 0 Å². The number of para-hydroxylation sites is 1. The van der Waals surface area contributed by atoms with Crippen LogP contribution in [0.1, 0.15) is 12.0 Å². The summed E-state index contributed by atoms with van der Waals surface area (Å²) >= 11 is 1.58. The molecule has 3 rings (SSSR count). The summed E-state index contributed by atoms with van der Waals surface area (Å²) in [7, 11) is 1.62. The number of nitrogens with zero attached hydrogens (tertiary/aromatic N) is 1. The van der Waals surface area contributed by atoms with E-state index in [2.05, 4.69) is 10.5 Å². The van der Waals surface area contributed by atoms with E-state index in [1.807, 2.05) is 54.8 Å². The smallest absolute Gasteiger partial charge is 0.268 e. The Hall–Kier alpha value is -2.47. The predicted octanol–water partition coefficient (Wildman–Crippen LogP) is 3.55. The van der Waals surface area contributed by atoms with E-state index in [4.69, 9.17) is 9.57 Å². The summed E-state index contributed by atoms with van der Waals surface area (Å²) in [5.74, 6) is 0.551. The van der Waals surface area contributed by atoms with Crippen molar-refractivity contribution in [2.75, 3.05) is 18.7 Å². The summed E-state index contributed by atoms with van der Waals surface area (Å²) in [5.41, 5.74) is 2.43. The van der Waals surface area contributed by atoms with Crippen molar-refractivity contribution < 1.29 is 14.4 Å². The van der Waals surface area contributed by atoms with Crippen molar-refractivity contribution in [1.29, 1.82) is 0 Å². The highest BCUT2D eigenvalue weighted by Crippen LogP contribution is 2.26. The first-order chi connectivity index (χ1) is 11.7. The maximum atomic E-state index is 12.4. The van der Waals surface area contributed by atoms with Gasteiger partial charge in [-0.15, -0.1) is 11.8 Å². The predicted molar refractivity (Wildman–Crippen MR) is 95.9 cm³/mol. The number of rotatable bonds is 5. The first kappa shape index (κ1) is 16.4. The van der Waals surface area contributed by atoms with E-state index in [-0.39, 0.29) is 5.91 Å². The van der Waals surface area contributed by atoms with E-state index in [0.29, 0.717) is 6.42 Å². The van der Waals surface area contributed by atoms with Gasteiger partial charge in [-0.25, -0.2) is 0 Å². The van der Waals surface area contributed by atoms with Crippen molar-refractivity contribution >= 4 is 29.1 Å².